The normalized spacial score (nSPS) is 11.0. The van der Waals surface area contributed by atoms with E-state index in [0.717, 1.165) is 29.4 Å². The van der Waals surface area contributed by atoms with Crippen LogP contribution in [-0.2, 0) is 6.54 Å². The second-order valence-corrected chi connectivity index (χ2v) is 5.02. The van der Waals surface area contributed by atoms with Crippen molar-refractivity contribution in [2.75, 3.05) is 24.6 Å². The number of aliphatic hydroxyl groups is 1. The van der Waals surface area contributed by atoms with Crippen LogP contribution in [0.3, 0.4) is 0 Å². The molecule has 0 heterocycles. The Morgan fingerprint density at radius 3 is 2.61 bits per heavy atom. The van der Waals surface area contributed by atoms with Crippen molar-refractivity contribution in [2.24, 2.45) is 0 Å². The molecule has 0 atom stereocenters. The Morgan fingerprint density at radius 2 is 2.11 bits per heavy atom. The van der Waals surface area contributed by atoms with Crippen molar-refractivity contribution in [3.8, 4) is 0 Å². The highest BCUT2D eigenvalue weighted by molar-refractivity contribution is 6.31. The van der Waals surface area contributed by atoms with Gasteiger partial charge in [-0.1, -0.05) is 31.5 Å². The Morgan fingerprint density at radius 1 is 1.39 bits per heavy atom. The number of benzene rings is 1. The first-order valence-corrected chi connectivity index (χ1v) is 6.83. The minimum Gasteiger partial charge on any atom is -0.395 e. The van der Waals surface area contributed by atoms with Crippen LogP contribution in [0.5, 0.6) is 0 Å². The fourth-order valence-electron chi connectivity index (χ4n) is 1.78. The molecule has 3 nitrogen and oxygen atoms in total. The molecule has 1 aromatic carbocycles. The molecule has 0 unspecified atom stereocenters. The molecular formula is C14H23ClN2O. The smallest absolute Gasteiger partial charge is 0.0606 e. The van der Waals surface area contributed by atoms with Crippen molar-refractivity contribution >= 4 is 17.3 Å². The molecule has 0 bridgehead atoms. The number of likely N-dealkylation sites (N-methyl/N-ethyl adjacent to an activating group) is 1. The van der Waals surface area contributed by atoms with Gasteiger partial charge < -0.3 is 15.3 Å². The Kier molecular flexibility index (Phi) is 6.47. The lowest BCUT2D eigenvalue weighted by Gasteiger charge is -2.23. The number of nitrogens with zero attached hydrogens (tertiary/aromatic N) is 1. The molecule has 18 heavy (non-hydrogen) atoms. The lowest BCUT2D eigenvalue weighted by atomic mass is 10.2. The van der Waals surface area contributed by atoms with E-state index in [1.54, 1.807) is 0 Å². The van der Waals surface area contributed by atoms with Gasteiger partial charge in [0.05, 0.1) is 6.61 Å². The van der Waals surface area contributed by atoms with Crippen LogP contribution in [0.25, 0.3) is 0 Å². The Labute approximate surface area is 115 Å². The molecule has 0 spiro atoms. The lowest BCUT2D eigenvalue weighted by Crippen LogP contribution is -2.26. The molecule has 1 rings (SSSR count). The second-order valence-electron chi connectivity index (χ2n) is 4.61. The maximum Gasteiger partial charge on any atom is 0.0606 e. The van der Waals surface area contributed by atoms with E-state index in [0.29, 0.717) is 12.6 Å². The number of hydrogen-bond donors (Lipinski definition) is 2. The SMILES string of the molecule is CCN(CCO)c1ccc(CNC(C)C)c(Cl)c1. The van der Waals surface area contributed by atoms with Crippen LogP contribution in [0.1, 0.15) is 26.3 Å². The van der Waals surface area contributed by atoms with Crippen LogP contribution in [0.2, 0.25) is 5.02 Å². The molecule has 1 aromatic rings. The summed E-state index contributed by atoms with van der Waals surface area (Å²) in [6.07, 6.45) is 0. The van der Waals surface area contributed by atoms with Crippen LogP contribution >= 0.6 is 11.6 Å². The van der Waals surface area contributed by atoms with Gasteiger partial charge in [-0.25, -0.2) is 0 Å². The Balaban J connectivity index is 2.77. The van der Waals surface area contributed by atoms with Gasteiger partial charge in [0, 0.05) is 36.4 Å². The van der Waals surface area contributed by atoms with Crippen molar-refractivity contribution in [2.45, 2.75) is 33.4 Å². The molecule has 0 amide bonds. The van der Waals surface area contributed by atoms with E-state index in [2.05, 4.69) is 37.1 Å². The largest absolute Gasteiger partial charge is 0.395 e. The molecule has 0 aliphatic heterocycles. The third kappa shape index (κ3) is 4.48. The van der Waals surface area contributed by atoms with Crippen molar-refractivity contribution in [1.29, 1.82) is 0 Å². The summed E-state index contributed by atoms with van der Waals surface area (Å²) < 4.78 is 0. The summed E-state index contributed by atoms with van der Waals surface area (Å²) in [6.45, 7) is 8.73. The third-order valence-electron chi connectivity index (χ3n) is 2.85. The summed E-state index contributed by atoms with van der Waals surface area (Å²) in [7, 11) is 0. The van der Waals surface area contributed by atoms with Crippen LogP contribution in [0, 0.1) is 0 Å². The van der Waals surface area contributed by atoms with Gasteiger partial charge in [-0.15, -0.1) is 0 Å². The number of aliphatic hydroxyl groups excluding tert-OH is 1. The summed E-state index contributed by atoms with van der Waals surface area (Å²) in [5.41, 5.74) is 2.17. The van der Waals surface area contributed by atoms with Gasteiger partial charge in [-0.05, 0) is 24.6 Å². The van der Waals surface area contributed by atoms with Crippen molar-refractivity contribution in [1.82, 2.24) is 5.32 Å². The van der Waals surface area contributed by atoms with E-state index < -0.39 is 0 Å². The molecule has 0 radical (unpaired) electrons. The number of rotatable bonds is 7. The average molecular weight is 271 g/mol. The first-order valence-electron chi connectivity index (χ1n) is 6.46. The van der Waals surface area contributed by atoms with Crippen molar-refractivity contribution in [3.05, 3.63) is 28.8 Å². The van der Waals surface area contributed by atoms with Crippen LogP contribution in [0.4, 0.5) is 5.69 Å². The minimum atomic E-state index is 0.155. The summed E-state index contributed by atoms with van der Waals surface area (Å²) in [5, 5.41) is 13.1. The summed E-state index contributed by atoms with van der Waals surface area (Å²) in [4.78, 5) is 2.10. The van der Waals surface area contributed by atoms with E-state index in [1.807, 2.05) is 12.1 Å². The minimum absolute atomic E-state index is 0.155. The molecule has 0 aliphatic rings. The predicted molar refractivity (Wildman–Crippen MR) is 78.4 cm³/mol. The zero-order chi connectivity index (χ0) is 13.5. The summed E-state index contributed by atoms with van der Waals surface area (Å²) in [5.74, 6) is 0. The highest BCUT2D eigenvalue weighted by Crippen LogP contribution is 2.23. The molecule has 0 saturated carbocycles. The van der Waals surface area contributed by atoms with Crippen molar-refractivity contribution in [3.63, 3.8) is 0 Å². The van der Waals surface area contributed by atoms with Gasteiger partial charge >= 0.3 is 0 Å². The highest BCUT2D eigenvalue weighted by atomic mass is 35.5. The maximum absolute atomic E-state index is 9.01. The molecule has 102 valence electrons. The zero-order valence-electron chi connectivity index (χ0n) is 11.4. The van der Waals surface area contributed by atoms with E-state index in [1.165, 1.54) is 0 Å². The van der Waals surface area contributed by atoms with Gasteiger partial charge in [0.2, 0.25) is 0 Å². The highest BCUT2D eigenvalue weighted by Gasteiger charge is 2.07. The fraction of sp³-hybridized carbons (Fsp3) is 0.571. The van der Waals surface area contributed by atoms with E-state index in [9.17, 15) is 0 Å². The molecule has 0 aliphatic carbocycles. The third-order valence-corrected chi connectivity index (χ3v) is 3.21. The Bertz CT molecular complexity index is 369. The Hall–Kier alpha value is -0.770. The summed E-state index contributed by atoms with van der Waals surface area (Å²) in [6, 6.07) is 6.52. The predicted octanol–water partition coefficient (Wildman–Crippen LogP) is 2.66. The van der Waals surface area contributed by atoms with Gasteiger partial charge in [-0.3, -0.25) is 0 Å². The molecule has 0 aromatic heterocycles. The first-order chi connectivity index (χ1) is 8.58. The number of anilines is 1. The lowest BCUT2D eigenvalue weighted by molar-refractivity contribution is 0.302. The topological polar surface area (TPSA) is 35.5 Å². The number of halogens is 1. The first kappa shape index (κ1) is 15.3. The monoisotopic (exact) mass is 270 g/mol. The average Bonchev–Trinajstić information content (AvgIpc) is 2.34. The van der Waals surface area contributed by atoms with E-state index >= 15 is 0 Å². The van der Waals surface area contributed by atoms with Crippen LogP contribution in [0.15, 0.2) is 18.2 Å². The molecule has 2 N–H and O–H groups in total. The van der Waals surface area contributed by atoms with Crippen LogP contribution < -0.4 is 10.2 Å². The maximum atomic E-state index is 9.01. The quantitative estimate of drug-likeness (QED) is 0.800. The molecule has 4 heteroatoms. The standard InChI is InChI=1S/C14H23ClN2O/c1-4-17(7-8-18)13-6-5-12(14(15)9-13)10-16-11(2)3/h5-6,9,11,16,18H,4,7-8,10H2,1-3H3. The fourth-order valence-corrected chi connectivity index (χ4v) is 2.02. The number of nitrogens with one attached hydrogen (secondary N) is 1. The van der Waals surface area contributed by atoms with Gasteiger partial charge in [0.25, 0.3) is 0 Å². The van der Waals surface area contributed by atoms with Crippen LogP contribution in [-0.4, -0.2) is 30.8 Å². The second kappa shape index (κ2) is 7.62. The van der Waals surface area contributed by atoms with E-state index in [4.69, 9.17) is 16.7 Å². The molecule has 0 saturated heterocycles. The van der Waals surface area contributed by atoms with Gasteiger partial charge in [-0.2, -0.15) is 0 Å². The number of hydrogen-bond acceptors (Lipinski definition) is 3. The molecule has 0 fully saturated rings. The summed E-state index contributed by atoms with van der Waals surface area (Å²) >= 11 is 6.28. The van der Waals surface area contributed by atoms with Gasteiger partial charge in [0.15, 0.2) is 0 Å². The van der Waals surface area contributed by atoms with Gasteiger partial charge in [0.1, 0.15) is 0 Å². The zero-order valence-corrected chi connectivity index (χ0v) is 12.2. The molecular weight excluding hydrogens is 248 g/mol. The van der Waals surface area contributed by atoms with E-state index in [-0.39, 0.29) is 6.61 Å². The van der Waals surface area contributed by atoms with Crippen molar-refractivity contribution < 1.29 is 5.11 Å².